The molecule has 1 unspecified atom stereocenters. The molecule has 2 aromatic heterocycles. The lowest BCUT2D eigenvalue weighted by atomic mass is 9.69. The van der Waals surface area contributed by atoms with Gasteiger partial charge >= 0.3 is 7.12 Å². The molecule has 1 aromatic carbocycles. The zero-order valence-corrected chi connectivity index (χ0v) is 21.2. The molecule has 1 atom stereocenters. The van der Waals surface area contributed by atoms with Crippen LogP contribution in [0.5, 0.6) is 5.75 Å². The number of ether oxygens (including phenoxy) is 1. The predicted octanol–water partition coefficient (Wildman–Crippen LogP) is 4.71. The Hall–Kier alpha value is -2.77. The highest BCUT2D eigenvalue weighted by Gasteiger charge is 2.51. The topological polar surface area (TPSA) is 66.4 Å². The summed E-state index contributed by atoms with van der Waals surface area (Å²) in [6.07, 6.45) is 5.19. The minimum Gasteiger partial charge on any atom is -0.484 e. The molecule has 0 N–H and O–H groups in total. The molecule has 34 heavy (non-hydrogen) atoms. The molecule has 0 aliphatic carbocycles. The summed E-state index contributed by atoms with van der Waals surface area (Å²) in [6.45, 7) is 15.3. The largest absolute Gasteiger partial charge is 0.494 e. The fourth-order valence-electron chi connectivity index (χ4n) is 4.07. The van der Waals surface area contributed by atoms with Crippen molar-refractivity contribution in [3.63, 3.8) is 0 Å². The summed E-state index contributed by atoms with van der Waals surface area (Å²) in [7, 11) is -0.368. The van der Waals surface area contributed by atoms with Crippen molar-refractivity contribution in [1.82, 2.24) is 15.0 Å². The lowest BCUT2D eigenvalue weighted by Gasteiger charge is -2.34. The summed E-state index contributed by atoms with van der Waals surface area (Å²) in [4.78, 5) is 13.2. The normalized spacial score (nSPS) is 18.6. The van der Waals surface area contributed by atoms with Crippen LogP contribution in [-0.2, 0) is 21.3 Å². The van der Waals surface area contributed by atoms with E-state index in [2.05, 4.69) is 82.7 Å². The molecule has 1 saturated heterocycles. The van der Waals surface area contributed by atoms with Crippen LogP contribution in [0.1, 0.15) is 65.5 Å². The summed E-state index contributed by atoms with van der Waals surface area (Å²) >= 11 is 0. The predicted molar refractivity (Wildman–Crippen MR) is 134 cm³/mol. The fraction of sp³-hybridized carbons (Fsp3) is 0.444. The van der Waals surface area contributed by atoms with E-state index >= 15 is 0 Å². The second-order valence-corrected chi connectivity index (χ2v) is 10.4. The Balaban J connectivity index is 1.53. The number of aromatic nitrogens is 3. The molecule has 1 fully saturated rings. The van der Waals surface area contributed by atoms with E-state index in [0.717, 1.165) is 11.2 Å². The Morgan fingerprint density at radius 1 is 0.912 bits per heavy atom. The van der Waals surface area contributed by atoms with Crippen molar-refractivity contribution >= 4 is 12.6 Å². The van der Waals surface area contributed by atoms with Crippen molar-refractivity contribution in [2.24, 2.45) is 5.92 Å². The van der Waals surface area contributed by atoms with E-state index in [0.29, 0.717) is 24.1 Å². The minimum absolute atomic E-state index is 0.268. The first-order chi connectivity index (χ1) is 16.0. The average molecular weight is 459 g/mol. The van der Waals surface area contributed by atoms with Crippen LogP contribution in [0.4, 0.5) is 0 Å². The number of rotatable bonds is 7. The highest BCUT2D eigenvalue weighted by Crippen LogP contribution is 2.39. The quantitative estimate of drug-likeness (QED) is 0.477. The van der Waals surface area contributed by atoms with Crippen LogP contribution in [0.2, 0.25) is 0 Å². The number of pyridine rings is 1. The molecule has 1 aliphatic rings. The molecular weight excluding hydrogens is 425 g/mol. The Morgan fingerprint density at radius 3 is 2.06 bits per heavy atom. The zero-order valence-electron chi connectivity index (χ0n) is 21.2. The van der Waals surface area contributed by atoms with Crippen LogP contribution in [-0.4, -0.2) is 33.3 Å². The summed E-state index contributed by atoms with van der Waals surface area (Å²) < 4.78 is 18.3. The van der Waals surface area contributed by atoms with E-state index < -0.39 is 0 Å². The maximum atomic E-state index is 6.22. The third-order valence-electron chi connectivity index (χ3n) is 7.45. The first kappa shape index (κ1) is 24.4. The molecule has 1 aliphatic heterocycles. The van der Waals surface area contributed by atoms with E-state index in [1.807, 2.05) is 12.1 Å². The van der Waals surface area contributed by atoms with Gasteiger partial charge in [0.2, 0.25) is 0 Å². The smallest absolute Gasteiger partial charge is 0.484 e. The van der Waals surface area contributed by atoms with Gasteiger partial charge in [0.05, 0.1) is 23.1 Å². The number of hydrogen-bond donors (Lipinski definition) is 0. The summed E-state index contributed by atoms with van der Waals surface area (Å²) in [5.41, 5.74) is 2.23. The molecule has 6 nitrogen and oxygen atoms in total. The standard InChI is InChI=1S/C27H34BN3O3/c1-19(2)27(7,23-14-13-22(17-31-23)32-18-24-29-15-8-16-30-24)20-9-11-21(12-10-20)28-33-25(3,4)26(5,6)34-28/h8-17,19H,18H2,1-7H3. The maximum absolute atomic E-state index is 6.22. The summed E-state index contributed by atoms with van der Waals surface area (Å²) in [5, 5.41) is 0. The highest BCUT2D eigenvalue weighted by atomic mass is 16.7. The monoisotopic (exact) mass is 459 g/mol. The van der Waals surface area contributed by atoms with E-state index in [1.54, 1.807) is 24.7 Å². The Morgan fingerprint density at radius 2 is 1.53 bits per heavy atom. The van der Waals surface area contributed by atoms with Crippen LogP contribution >= 0.6 is 0 Å². The van der Waals surface area contributed by atoms with Gasteiger partial charge in [-0.05, 0) is 69.8 Å². The van der Waals surface area contributed by atoms with Crippen LogP contribution in [0.15, 0.2) is 61.1 Å². The third kappa shape index (κ3) is 4.59. The van der Waals surface area contributed by atoms with Gasteiger partial charge in [-0.3, -0.25) is 4.98 Å². The van der Waals surface area contributed by atoms with E-state index in [4.69, 9.17) is 19.0 Å². The van der Waals surface area contributed by atoms with Crippen molar-refractivity contribution in [2.75, 3.05) is 0 Å². The molecule has 0 saturated carbocycles. The molecule has 178 valence electrons. The van der Waals surface area contributed by atoms with Crippen molar-refractivity contribution in [2.45, 2.75) is 71.7 Å². The van der Waals surface area contributed by atoms with E-state index in [-0.39, 0.29) is 23.7 Å². The van der Waals surface area contributed by atoms with Crippen molar-refractivity contribution < 1.29 is 14.0 Å². The highest BCUT2D eigenvalue weighted by molar-refractivity contribution is 6.62. The van der Waals surface area contributed by atoms with Crippen LogP contribution in [0, 0.1) is 5.92 Å². The van der Waals surface area contributed by atoms with Crippen LogP contribution < -0.4 is 10.2 Å². The Labute approximate surface area is 203 Å². The molecule has 3 aromatic rings. The SMILES string of the molecule is CC(C)C(C)(c1ccc(B2OC(C)(C)C(C)(C)O2)cc1)c1ccc(OCc2ncccn2)cn1. The average Bonchev–Trinajstić information content (AvgIpc) is 3.05. The van der Waals surface area contributed by atoms with Gasteiger partial charge in [0, 0.05) is 17.8 Å². The molecule has 4 rings (SSSR count). The Bertz CT molecular complexity index is 1090. The second-order valence-electron chi connectivity index (χ2n) is 10.4. The maximum Gasteiger partial charge on any atom is 0.494 e. The number of benzene rings is 1. The first-order valence-corrected chi connectivity index (χ1v) is 11.8. The molecule has 0 spiro atoms. The van der Waals surface area contributed by atoms with Crippen molar-refractivity contribution in [1.29, 1.82) is 0 Å². The van der Waals surface area contributed by atoms with E-state index in [1.165, 1.54) is 5.56 Å². The van der Waals surface area contributed by atoms with Gasteiger partial charge in [0.15, 0.2) is 5.82 Å². The van der Waals surface area contributed by atoms with Gasteiger partial charge in [0.1, 0.15) is 12.4 Å². The van der Waals surface area contributed by atoms with E-state index in [9.17, 15) is 0 Å². The fourth-order valence-corrected chi connectivity index (χ4v) is 4.07. The second kappa shape index (κ2) is 9.12. The summed E-state index contributed by atoms with van der Waals surface area (Å²) in [6, 6.07) is 14.3. The molecule has 0 amide bonds. The Kier molecular flexibility index (Phi) is 6.53. The van der Waals surface area contributed by atoms with Gasteiger partial charge in [-0.15, -0.1) is 0 Å². The zero-order chi connectivity index (χ0) is 24.6. The van der Waals surface area contributed by atoms with Crippen LogP contribution in [0.3, 0.4) is 0 Å². The van der Waals surface area contributed by atoms with Gasteiger partial charge in [0.25, 0.3) is 0 Å². The first-order valence-electron chi connectivity index (χ1n) is 11.8. The molecule has 0 radical (unpaired) electrons. The van der Waals surface area contributed by atoms with Crippen LogP contribution in [0.25, 0.3) is 0 Å². The molecule has 7 heteroatoms. The molecule has 0 bridgehead atoms. The molecule has 3 heterocycles. The third-order valence-corrected chi connectivity index (χ3v) is 7.45. The lowest BCUT2D eigenvalue weighted by Crippen LogP contribution is -2.41. The summed E-state index contributed by atoms with van der Waals surface area (Å²) in [5.74, 6) is 1.66. The number of nitrogens with zero attached hydrogens (tertiary/aromatic N) is 3. The van der Waals surface area contributed by atoms with Gasteiger partial charge in [-0.1, -0.05) is 38.1 Å². The number of hydrogen-bond acceptors (Lipinski definition) is 6. The minimum atomic E-state index is -0.368. The molecular formula is C27H34BN3O3. The lowest BCUT2D eigenvalue weighted by molar-refractivity contribution is 0.00578. The van der Waals surface area contributed by atoms with Crippen molar-refractivity contribution in [3.8, 4) is 5.75 Å². The van der Waals surface area contributed by atoms with Gasteiger partial charge < -0.3 is 14.0 Å². The van der Waals surface area contributed by atoms with Gasteiger partial charge in [-0.25, -0.2) is 9.97 Å². The van der Waals surface area contributed by atoms with Crippen molar-refractivity contribution in [3.05, 3.63) is 78.1 Å². The van der Waals surface area contributed by atoms with Gasteiger partial charge in [-0.2, -0.15) is 0 Å².